The number of H-pyrrole nitrogens is 1. The highest BCUT2D eigenvalue weighted by atomic mass is 32.1. The van der Waals surface area contributed by atoms with Crippen molar-refractivity contribution in [3.05, 3.63) is 54.3 Å². The van der Waals surface area contributed by atoms with Gasteiger partial charge in [-0.1, -0.05) is 0 Å². The Bertz CT molecular complexity index is 1400. The van der Waals surface area contributed by atoms with Gasteiger partial charge in [0.15, 0.2) is 0 Å². The number of aryl methyl sites for hydroxylation is 3. The molecule has 33 heavy (non-hydrogen) atoms. The van der Waals surface area contributed by atoms with Crippen molar-refractivity contribution in [3.63, 3.8) is 0 Å². The van der Waals surface area contributed by atoms with E-state index in [9.17, 15) is 22.8 Å². The zero-order valence-electron chi connectivity index (χ0n) is 18.1. The zero-order valence-corrected chi connectivity index (χ0v) is 18.9. The quantitative estimate of drug-likeness (QED) is 0.527. The van der Waals surface area contributed by atoms with Crippen LogP contribution in [0.4, 0.5) is 17.6 Å². The summed E-state index contributed by atoms with van der Waals surface area (Å²) in [6, 6.07) is -0.417. The number of alkyl halides is 3. The number of nitrogens with zero attached hydrogens (tertiary/aromatic N) is 1. The minimum atomic E-state index is -4.52. The van der Waals surface area contributed by atoms with Crippen molar-refractivity contribution < 1.29 is 17.6 Å². The third-order valence-electron chi connectivity index (χ3n) is 6.93. The molecule has 2 aliphatic carbocycles. The van der Waals surface area contributed by atoms with E-state index in [0.29, 0.717) is 40.8 Å². The van der Waals surface area contributed by atoms with Gasteiger partial charge in [-0.25, -0.2) is 9.18 Å². The van der Waals surface area contributed by atoms with E-state index in [4.69, 9.17) is 5.73 Å². The maximum atomic E-state index is 15.7. The van der Waals surface area contributed by atoms with Gasteiger partial charge in [0.1, 0.15) is 11.9 Å². The fourth-order valence-corrected chi connectivity index (χ4v) is 6.50. The summed E-state index contributed by atoms with van der Waals surface area (Å²) in [6.07, 6.45) is -1.44. The molecular formula is C23H23F4N3O2S. The Labute approximate surface area is 190 Å². The van der Waals surface area contributed by atoms with Crippen LogP contribution in [-0.4, -0.2) is 21.8 Å². The molecule has 10 heteroatoms. The first kappa shape index (κ1) is 22.3. The molecule has 0 saturated heterocycles. The molecule has 2 aromatic heterocycles. The number of hydrogen-bond donors (Lipinski definition) is 2. The number of nitrogens with two attached hydrogens (primary N) is 1. The summed E-state index contributed by atoms with van der Waals surface area (Å²) in [5, 5.41) is 0.138. The van der Waals surface area contributed by atoms with Crippen LogP contribution in [0.2, 0.25) is 0 Å². The number of aromatic nitrogens is 2. The van der Waals surface area contributed by atoms with Crippen molar-refractivity contribution in [1.29, 1.82) is 0 Å². The number of nitrogens with one attached hydrogen (secondary N) is 1. The normalized spacial score (nSPS) is 19.7. The second kappa shape index (κ2) is 7.53. The van der Waals surface area contributed by atoms with Gasteiger partial charge in [0, 0.05) is 32.8 Å². The van der Waals surface area contributed by atoms with E-state index < -0.39 is 35.2 Å². The van der Waals surface area contributed by atoms with Crippen molar-refractivity contribution in [2.75, 3.05) is 0 Å². The monoisotopic (exact) mass is 481 g/mol. The van der Waals surface area contributed by atoms with Gasteiger partial charge in [-0.05, 0) is 63.1 Å². The Hall–Kier alpha value is -2.46. The summed E-state index contributed by atoms with van der Waals surface area (Å²) in [7, 11) is 0. The lowest BCUT2D eigenvalue weighted by molar-refractivity contribution is -0.153. The van der Waals surface area contributed by atoms with Gasteiger partial charge >= 0.3 is 11.9 Å². The lowest BCUT2D eigenvalue weighted by atomic mass is 9.82. The molecule has 5 nitrogen and oxygen atoms in total. The molecule has 1 aromatic carbocycles. The van der Waals surface area contributed by atoms with E-state index in [1.165, 1.54) is 22.8 Å². The second-order valence-corrected chi connectivity index (χ2v) is 10.2. The molecule has 0 bridgehead atoms. The molecular weight excluding hydrogens is 458 g/mol. The third-order valence-corrected chi connectivity index (χ3v) is 8.16. The van der Waals surface area contributed by atoms with Crippen LogP contribution in [0.1, 0.15) is 59.2 Å². The van der Waals surface area contributed by atoms with Gasteiger partial charge < -0.3 is 5.73 Å². The average Bonchev–Trinajstić information content (AvgIpc) is 3.48. The van der Waals surface area contributed by atoms with E-state index in [-0.39, 0.29) is 22.6 Å². The summed E-state index contributed by atoms with van der Waals surface area (Å²) in [5.74, 6) is -1.47. The van der Waals surface area contributed by atoms with E-state index in [1.54, 1.807) is 13.0 Å². The fourth-order valence-electron chi connectivity index (χ4n) is 5.13. The van der Waals surface area contributed by atoms with Crippen LogP contribution < -0.4 is 17.0 Å². The lowest BCUT2D eigenvalue weighted by Gasteiger charge is -2.29. The Balaban J connectivity index is 1.76. The molecule has 2 aliphatic rings. The van der Waals surface area contributed by atoms with Crippen molar-refractivity contribution in [1.82, 2.24) is 9.55 Å². The molecule has 1 saturated carbocycles. The zero-order chi connectivity index (χ0) is 23.8. The van der Waals surface area contributed by atoms with Gasteiger partial charge in [-0.3, -0.25) is 14.3 Å². The van der Waals surface area contributed by atoms with E-state index in [2.05, 4.69) is 4.98 Å². The van der Waals surface area contributed by atoms with Gasteiger partial charge in [0.2, 0.25) is 0 Å². The summed E-state index contributed by atoms with van der Waals surface area (Å²) in [5.41, 5.74) is 6.12. The molecule has 2 heterocycles. The van der Waals surface area contributed by atoms with Gasteiger partial charge in [-0.15, -0.1) is 11.3 Å². The number of benzene rings is 1. The Morgan fingerprint density at radius 3 is 2.52 bits per heavy atom. The Morgan fingerprint density at radius 1 is 1.18 bits per heavy atom. The number of halogens is 4. The fraction of sp³-hybridized carbons (Fsp3) is 0.478. The van der Waals surface area contributed by atoms with Crippen LogP contribution in [-0.2, 0) is 6.42 Å². The molecule has 2 atom stereocenters. The highest BCUT2D eigenvalue weighted by Crippen LogP contribution is 2.47. The van der Waals surface area contributed by atoms with Crippen molar-refractivity contribution >= 4 is 22.2 Å². The minimum absolute atomic E-state index is 0.0565. The molecule has 0 aliphatic heterocycles. The topological polar surface area (TPSA) is 80.9 Å². The van der Waals surface area contributed by atoms with Crippen molar-refractivity contribution in [2.24, 2.45) is 5.73 Å². The Kier molecular flexibility index (Phi) is 5.09. The predicted octanol–water partition coefficient (Wildman–Crippen LogP) is 4.82. The second-order valence-electron chi connectivity index (χ2n) is 9.08. The highest BCUT2D eigenvalue weighted by Gasteiger charge is 2.44. The third kappa shape index (κ3) is 3.45. The summed E-state index contributed by atoms with van der Waals surface area (Å²) >= 11 is 1.27. The van der Waals surface area contributed by atoms with Crippen LogP contribution in [0.5, 0.6) is 0 Å². The first-order valence-corrected chi connectivity index (χ1v) is 11.7. The van der Waals surface area contributed by atoms with Crippen LogP contribution in [0.25, 0.3) is 21.3 Å². The average molecular weight is 482 g/mol. The number of fused-ring (bicyclic) bond motifs is 2. The number of rotatable bonds is 3. The summed E-state index contributed by atoms with van der Waals surface area (Å²) in [4.78, 5) is 28.8. The van der Waals surface area contributed by atoms with Crippen LogP contribution in [0.15, 0.2) is 15.7 Å². The molecule has 0 amide bonds. The maximum absolute atomic E-state index is 15.7. The maximum Gasteiger partial charge on any atom is 0.404 e. The first-order valence-electron chi connectivity index (χ1n) is 10.9. The molecule has 3 aromatic rings. The Morgan fingerprint density at radius 2 is 1.88 bits per heavy atom. The summed E-state index contributed by atoms with van der Waals surface area (Å²) in [6.45, 7) is 3.16. The number of aromatic amines is 1. The largest absolute Gasteiger partial charge is 0.404 e. The first-order chi connectivity index (χ1) is 15.5. The standard InChI is InChI=1S/C23H23F4N3O2S/c1-9-17-19(30(11-6-7-11)22(32)29-21(17)31)10(2)16(18(9)24)15-8-13-12(20(28)23(25,26)27)4-3-5-14(13)33-15/h8,11-12,20H,3-7,28H2,1-2H3,(H,29,31,32). The van der Waals surface area contributed by atoms with Crippen LogP contribution in [0, 0.1) is 19.7 Å². The van der Waals surface area contributed by atoms with Crippen LogP contribution in [0.3, 0.4) is 0 Å². The smallest absolute Gasteiger partial charge is 0.320 e. The highest BCUT2D eigenvalue weighted by molar-refractivity contribution is 7.15. The lowest BCUT2D eigenvalue weighted by Crippen LogP contribution is -2.43. The van der Waals surface area contributed by atoms with Crippen molar-refractivity contribution in [2.45, 2.75) is 70.1 Å². The van der Waals surface area contributed by atoms with Gasteiger partial charge in [0.25, 0.3) is 5.56 Å². The van der Waals surface area contributed by atoms with Gasteiger partial charge in [-0.2, -0.15) is 13.2 Å². The van der Waals surface area contributed by atoms with E-state index in [1.807, 2.05) is 0 Å². The molecule has 176 valence electrons. The van der Waals surface area contributed by atoms with Crippen LogP contribution >= 0.6 is 11.3 Å². The molecule has 5 rings (SSSR count). The summed E-state index contributed by atoms with van der Waals surface area (Å²) < 4.78 is 57.3. The molecule has 3 N–H and O–H groups in total. The van der Waals surface area contributed by atoms with Gasteiger partial charge in [0.05, 0.1) is 10.9 Å². The molecule has 2 unspecified atom stereocenters. The number of thiophene rings is 1. The minimum Gasteiger partial charge on any atom is -0.320 e. The molecule has 0 radical (unpaired) electrons. The number of hydrogen-bond acceptors (Lipinski definition) is 4. The molecule has 0 spiro atoms. The SMILES string of the molecule is Cc1c(F)c(-c2cc3c(s2)CCCC3C(N)C(F)(F)F)c(C)c2c1c(=O)[nH]c(=O)n2C1CC1. The van der Waals surface area contributed by atoms with Crippen molar-refractivity contribution in [3.8, 4) is 10.4 Å². The molecule has 1 fully saturated rings. The van der Waals surface area contributed by atoms with E-state index >= 15 is 4.39 Å². The van der Waals surface area contributed by atoms with E-state index in [0.717, 1.165) is 17.7 Å². The predicted molar refractivity (Wildman–Crippen MR) is 120 cm³/mol.